The fraction of sp³-hybridized carbons (Fsp3) is 0.333. The van der Waals surface area contributed by atoms with Crippen LogP contribution >= 0.6 is 0 Å². The topological polar surface area (TPSA) is 112 Å². The largest absolute Gasteiger partial charge is 0.389 e. The van der Waals surface area contributed by atoms with E-state index in [4.69, 9.17) is 4.84 Å². The number of hydrogen-bond acceptors (Lipinski definition) is 6. The van der Waals surface area contributed by atoms with E-state index in [1.165, 1.54) is 16.3 Å². The number of carbonyl (C=O) groups excluding carboxylic acids is 1. The molecule has 176 valence electrons. The maximum absolute atomic E-state index is 13.6. The van der Waals surface area contributed by atoms with Gasteiger partial charge in [-0.3, -0.25) is 28.2 Å². The summed E-state index contributed by atoms with van der Waals surface area (Å²) in [5.41, 5.74) is -0.0469. The summed E-state index contributed by atoms with van der Waals surface area (Å²) in [6, 6.07) is 13.4. The Balaban J connectivity index is 1.79. The van der Waals surface area contributed by atoms with Gasteiger partial charge in [0.15, 0.2) is 5.65 Å². The predicted molar refractivity (Wildman–Crippen MR) is 126 cm³/mol. The molecule has 1 fully saturated rings. The Kier molecular flexibility index (Phi) is 5.34. The third kappa shape index (κ3) is 3.42. The van der Waals surface area contributed by atoms with E-state index in [1.54, 1.807) is 0 Å². The summed E-state index contributed by atoms with van der Waals surface area (Å²) in [6.45, 7) is 3.79. The van der Waals surface area contributed by atoms with E-state index in [1.807, 2.05) is 56.3 Å². The summed E-state index contributed by atoms with van der Waals surface area (Å²) >= 11 is 0. The molecule has 0 radical (unpaired) electrons. The Morgan fingerprint density at radius 1 is 1.18 bits per heavy atom. The molecule has 1 aliphatic heterocycles. The smallest absolute Gasteiger partial charge is 0.332 e. The maximum atomic E-state index is 13.6. The number of hydroxylamine groups is 2. The Morgan fingerprint density at radius 3 is 2.62 bits per heavy atom. The van der Waals surface area contributed by atoms with Gasteiger partial charge in [0, 0.05) is 13.1 Å². The average molecular weight is 463 g/mol. The fourth-order valence-corrected chi connectivity index (χ4v) is 4.44. The second-order valence-corrected chi connectivity index (χ2v) is 8.77. The van der Waals surface area contributed by atoms with Crippen molar-refractivity contribution in [1.29, 1.82) is 0 Å². The van der Waals surface area contributed by atoms with Crippen LogP contribution in [0.1, 0.15) is 35.9 Å². The highest BCUT2D eigenvalue weighted by molar-refractivity contribution is 6.03. The molecular weight excluding hydrogens is 438 g/mol. The molecule has 1 N–H and O–H groups in total. The highest BCUT2D eigenvalue weighted by Gasteiger charge is 2.33. The van der Waals surface area contributed by atoms with E-state index in [9.17, 15) is 19.5 Å². The zero-order valence-corrected chi connectivity index (χ0v) is 19.1. The van der Waals surface area contributed by atoms with Crippen LogP contribution in [0.4, 0.5) is 0 Å². The van der Waals surface area contributed by atoms with Gasteiger partial charge in [-0.25, -0.2) is 9.86 Å². The van der Waals surface area contributed by atoms with Gasteiger partial charge in [0.2, 0.25) is 0 Å². The SMILES string of the molecule is CC(C)n1c(=O)n(C)c(=O)c2c(C(=O)N3CC(O)CO3)n(Cc3cccc4ccccc34)nc21. The number of amides is 1. The van der Waals surface area contributed by atoms with Crippen LogP contribution in [0.2, 0.25) is 0 Å². The lowest BCUT2D eigenvalue weighted by Gasteiger charge is -2.16. The van der Waals surface area contributed by atoms with Gasteiger partial charge < -0.3 is 5.11 Å². The van der Waals surface area contributed by atoms with E-state index in [0.717, 1.165) is 26.0 Å². The summed E-state index contributed by atoms with van der Waals surface area (Å²) in [5, 5.41) is 17.6. The summed E-state index contributed by atoms with van der Waals surface area (Å²) in [7, 11) is 1.38. The number of aliphatic hydroxyl groups is 1. The molecule has 10 nitrogen and oxygen atoms in total. The number of aromatic nitrogens is 4. The molecule has 0 spiro atoms. The molecule has 1 saturated heterocycles. The van der Waals surface area contributed by atoms with Crippen LogP contribution in [0.5, 0.6) is 0 Å². The number of hydrogen-bond donors (Lipinski definition) is 1. The van der Waals surface area contributed by atoms with Gasteiger partial charge in [-0.2, -0.15) is 5.10 Å². The predicted octanol–water partition coefficient (Wildman–Crippen LogP) is 1.43. The molecule has 4 aromatic rings. The quantitative estimate of drug-likeness (QED) is 0.490. The molecule has 34 heavy (non-hydrogen) atoms. The molecule has 3 heterocycles. The van der Waals surface area contributed by atoms with Gasteiger partial charge >= 0.3 is 5.69 Å². The van der Waals surface area contributed by atoms with Gasteiger partial charge in [-0.1, -0.05) is 42.5 Å². The highest BCUT2D eigenvalue weighted by atomic mass is 16.7. The molecule has 0 bridgehead atoms. The van der Waals surface area contributed by atoms with Gasteiger partial charge in [0.25, 0.3) is 11.5 Å². The van der Waals surface area contributed by atoms with Crippen molar-refractivity contribution in [2.75, 3.05) is 13.2 Å². The minimum Gasteiger partial charge on any atom is -0.389 e. The zero-order valence-electron chi connectivity index (χ0n) is 19.1. The minimum atomic E-state index is -0.818. The van der Waals surface area contributed by atoms with Crippen LogP contribution in [-0.2, 0) is 18.4 Å². The van der Waals surface area contributed by atoms with Gasteiger partial charge in [0.1, 0.15) is 23.8 Å². The Bertz CT molecular complexity index is 1540. The molecule has 1 aliphatic rings. The number of nitrogens with zero attached hydrogens (tertiary/aromatic N) is 5. The third-order valence-electron chi connectivity index (χ3n) is 6.12. The van der Waals surface area contributed by atoms with E-state index in [2.05, 4.69) is 5.10 Å². The fourth-order valence-electron chi connectivity index (χ4n) is 4.44. The van der Waals surface area contributed by atoms with Crippen LogP contribution in [0, 0.1) is 0 Å². The van der Waals surface area contributed by atoms with Crippen molar-refractivity contribution in [1.82, 2.24) is 24.0 Å². The van der Waals surface area contributed by atoms with Crippen LogP contribution in [0.25, 0.3) is 21.8 Å². The molecule has 1 unspecified atom stereocenters. The second-order valence-electron chi connectivity index (χ2n) is 8.77. The molecule has 2 aromatic carbocycles. The highest BCUT2D eigenvalue weighted by Crippen LogP contribution is 2.24. The molecule has 0 saturated carbocycles. The number of β-amino-alcohol motifs (C(OH)–C–C–N with tert-alkyl or cyclic N) is 1. The van der Waals surface area contributed by atoms with E-state index >= 15 is 0 Å². The number of carbonyl (C=O) groups is 1. The van der Waals surface area contributed by atoms with Gasteiger partial charge in [-0.15, -0.1) is 0 Å². The van der Waals surface area contributed by atoms with Crippen molar-refractivity contribution < 1.29 is 14.7 Å². The number of rotatable bonds is 4. The van der Waals surface area contributed by atoms with Gasteiger partial charge in [0.05, 0.1) is 13.1 Å². The van der Waals surface area contributed by atoms with Crippen molar-refractivity contribution in [3.05, 3.63) is 74.6 Å². The van der Waals surface area contributed by atoms with E-state index < -0.39 is 23.3 Å². The first-order chi connectivity index (χ1) is 16.3. The average Bonchev–Trinajstić information content (AvgIpc) is 3.41. The summed E-state index contributed by atoms with van der Waals surface area (Å²) in [5.74, 6) is -0.592. The first kappa shape index (κ1) is 22.1. The maximum Gasteiger partial charge on any atom is 0.332 e. The lowest BCUT2D eigenvalue weighted by Crippen LogP contribution is -2.39. The van der Waals surface area contributed by atoms with E-state index in [0.29, 0.717) is 0 Å². The molecule has 10 heteroatoms. The lowest BCUT2D eigenvalue weighted by atomic mass is 10.0. The third-order valence-corrected chi connectivity index (χ3v) is 6.12. The molecule has 1 atom stereocenters. The summed E-state index contributed by atoms with van der Waals surface area (Å²) in [6.07, 6.45) is -0.818. The monoisotopic (exact) mass is 463 g/mol. The van der Waals surface area contributed by atoms with Crippen molar-refractivity contribution in [2.45, 2.75) is 32.5 Å². The van der Waals surface area contributed by atoms with Gasteiger partial charge in [-0.05, 0) is 30.2 Å². The molecule has 0 aliphatic carbocycles. The molecule has 5 rings (SSSR count). The van der Waals surface area contributed by atoms with Crippen LogP contribution in [-0.4, -0.2) is 54.2 Å². The van der Waals surface area contributed by atoms with E-state index in [-0.39, 0.29) is 42.5 Å². The summed E-state index contributed by atoms with van der Waals surface area (Å²) < 4.78 is 3.86. The Hall–Kier alpha value is -3.76. The normalized spacial score (nSPS) is 16.3. The van der Waals surface area contributed by atoms with Crippen molar-refractivity contribution >= 4 is 27.7 Å². The number of aliphatic hydroxyl groups excluding tert-OH is 1. The first-order valence-corrected chi connectivity index (χ1v) is 11.1. The minimum absolute atomic E-state index is 0.0180. The van der Waals surface area contributed by atoms with Crippen LogP contribution in [0.15, 0.2) is 52.1 Å². The molecule has 1 amide bonds. The second kappa shape index (κ2) is 8.23. The van der Waals surface area contributed by atoms with Crippen molar-refractivity contribution in [3.63, 3.8) is 0 Å². The number of fused-ring (bicyclic) bond motifs is 2. The molecule has 2 aromatic heterocycles. The number of benzene rings is 2. The van der Waals surface area contributed by atoms with Crippen molar-refractivity contribution in [3.8, 4) is 0 Å². The van der Waals surface area contributed by atoms with Crippen LogP contribution in [0.3, 0.4) is 0 Å². The first-order valence-electron chi connectivity index (χ1n) is 11.1. The summed E-state index contributed by atoms with van der Waals surface area (Å²) in [4.78, 5) is 45.1. The standard InChI is InChI=1S/C24H25N5O5/c1-14(2)29-21-19(22(31)26(3)24(29)33)20(23(32)28-12-17(30)13-34-28)27(25-21)11-16-9-6-8-15-7-4-5-10-18(15)16/h4-10,14,17,30H,11-13H2,1-3H3. The van der Waals surface area contributed by atoms with Crippen LogP contribution < -0.4 is 11.2 Å². The Labute approximate surface area is 194 Å². The zero-order chi connectivity index (χ0) is 24.1. The van der Waals surface area contributed by atoms with Crippen molar-refractivity contribution in [2.24, 2.45) is 7.05 Å². The Morgan fingerprint density at radius 2 is 1.91 bits per heavy atom. The molecular formula is C24H25N5O5. The lowest BCUT2D eigenvalue weighted by molar-refractivity contribution is -0.0784.